The molecule has 7 heteroatoms. The van der Waals surface area contributed by atoms with E-state index in [1.54, 1.807) is 10.9 Å². The lowest BCUT2D eigenvalue weighted by atomic mass is 10.1. The zero-order valence-corrected chi connectivity index (χ0v) is 16.5. The van der Waals surface area contributed by atoms with Crippen molar-refractivity contribution in [1.82, 2.24) is 19.7 Å². The summed E-state index contributed by atoms with van der Waals surface area (Å²) >= 11 is 0. The second-order valence-corrected chi connectivity index (χ2v) is 7.91. The van der Waals surface area contributed by atoms with Crippen LogP contribution in [0.25, 0.3) is 11.0 Å². The molecule has 0 fully saturated rings. The maximum absolute atomic E-state index is 12.3. The molecule has 0 amide bonds. The van der Waals surface area contributed by atoms with E-state index in [2.05, 4.69) is 26.4 Å². The highest BCUT2D eigenvalue weighted by atomic mass is 16.5. The van der Waals surface area contributed by atoms with E-state index in [1.165, 1.54) is 0 Å². The van der Waals surface area contributed by atoms with Gasteiger partial charge < -0.3 is 10.1 Å². The van der Waals surface area contributed by atoms with Gasteiger partial charge in [0, 0.05) is 6.54 Å². The van der Waals surface area contributed by atoms with E-state index >= 15 is 0 Å². The Hall–Kier alpha value is -2.67. The number of ether oxygens (including phenoxy) is 1. The lowest BCUT2D eigenvalue weighted by Gasteiger charge is -2.19. The van der Waals surface area contributed by atoms with Crippen molar-refractivity contribution in [3.63, 3.8) is 0 Å². The van der Waals surface area contributed by atoms with Crippen molar-refractivity contribution in [2.45, 2.75) is 59.4 Å². The minimum atomic E-state index is -0.259. The summed E-state index contributed by atoms with van der Waals surface area (Å²) in [6, 6.07) is 8.16. The Morgan fingerprint density at radius 1 is 1.26 bits per heavy atom. The molecule has 3 aromatic rings. The normalized spacial score (nSPS) is 12.1. The van der Waals surface area contributed by atoms with E-state index < -0.39 is 0 Å². The quantitative estimate of drug-likeness (QED) is 0.695. The molecule has 2 N–H and O–H groups in total. The van der Waals surface area contributed by atoms with Crippen LogP contribution in [0.1, 0.15) is 45.7 Å². The van der Waals surface area contributed by atoms with Gasteiger partial charge in [-0.05, 0) is 45.7 Å². The van der Waals surface area contributed by atoms with Gasteiger partial charge in [0.2, 0.25) is 5.95 Å². The summed E-state index contributed by atoms with van der Waals surface area (Å²) in [5.41, 5.74) is 2.33. The number of hydrogen-bond acceptors (Lipinski definition) is 5. The van der Waals surface area contributed by atoms with Crippen LogP contribution in [0, 0.1) is 0 Å². The maximum Gasteiger partial charge on any atom is 0.263 e. The first-order valence-corrected chi connectivity index (χ1v) is 9.16. The van der Waals surface area contributed by atoms with Gasteiger partial charge in [0.25, 0.3) is 5.56 Å². The Bertz CT molecular complexity index is 982. The highest BCUT2D eigenvalue weighted by Gasteiger charge is 2.19. The standard InChI is InChI=1S/C20H27N5O2/c1-13(2)27-12-15-8-6-7-14(9-15)10-21-19-23-17-16(18(26)24-19)11-22-25(17)20(3,4)5/h6-9,11,13H,10,12H2,1-5H3,(H2,21,23,24,26). The summed E-state index contributed by atoms with van der Waals surface area (Å²) in [5.74, 6) is 0.433. The number of aromatic amines is 1. The first-order valence-electron chi connectivity index (χ1n) is 9.16. The number of hydrogen-bond donors (Lipinski definition) is 2. The predicted molar refractivity (Wildman–Crippen MR) is 107 cm³/mol. The number of H-pyrrole nitrogens is 1. The summed E-state index contributed by atoms with van der Waals surface area (Å²) < 4.78 is 7.43. The zero-order valence-electron chi connectivity index (χ0n) is 16.5. The molecule has 0 aliphatic carbocycles. The Morgan fingerprint density at radius 2 is 2.00 bits per heavy atom. The summed E-state index contributed by atoms with van der Waals surface area (Å²) in [6.07, 6.45) is 1.76. The fourth-order valence-electron chi connectivity index (χ4n) is 2.77. The summed E-state index contributed by atoms with van der Waals surface area (Å²) in [4.78, 5) is 19.7. The molecule has 0 spiro atoms. The molecule has 1 aromatic carbocycles. The molecule has 0 radical (unpaired) electrons. The van der Waals surface area contributed by atoms with Crippen LogP contribution in [0.5, 0.6) is 0 Å². The molecular weight excluding hydrogens is 342 g/mol. The monoisotopic (exact) mass is 369 g/mol. The Morgan fingerprint density at radius 3 is 2.70 bits per heavy atom. The van der Waals surface area contributed by atoms with Gasteiger partial charge in [-0.1, -0.05) is 24.3 Å². The lowest BCUT2D eigenvalue weighted by Crippen LogP contribution is -2.24. The second-order valence-electron chi connectivity index (χ2n) is 7.91. The number of fused-ring (bicyclic) bond motifs is 1. The Labute approximate surface area is 158 Å². The predicted octanol–water partition coefficient (Wildman–Crippen LogP) is 3.41. The smallest absolute Gasteiger partial charge is 0.263 e. The maximum atomic E-state index is 12.3. The van der Waals surface area contributed by atoms with Crippen molar-refractivity contribution in [2.75, 3.05) is 5.32 Å². The van der Waals surface area contributed by atoms with E-state index in [0.717, 1.165) is 11.1 Å². The van der Waals surface area contributed by atoms with E-state index in [4.69, 9.17) is 4.74 Å². The fraction of sp³-hybridized carbons (Fsp3) is 0.450. The van der Waals surface area contributed by atoms with Gasteiger partial charge >= 0.3 is 0 Å². The minimum absolute atomic E-state index is 0.195. The van der Waals surface area contributed by atoms with Crippen molar-refractivity contribution in [1.29, 1.82) is 0 Å². The van der Waals surface area contributed by atoms with Gasteiger partial charge in [0.15, 0.2) is 5.65 Å². The molecule has 0 saturated carbocycles. The summed E-state index contributed by atoms with van der Waals surface area (Å²) in [7, 11) is 0. The van der Waals surface area contributed by atoms with Crippen LogP contribution in [0.4, 0.5) is 5.95 Å². The number of anilines is 1. The van der Waals surface area contributed by atoms with E-state index in [1.807, 2.05) is 52.8 Å². The van der Waals surface area contributed by atoms with Gasteiger partial charge in [0.1, 0.15) is 5.39 Å². The van der Waals surface area contributed by atoms with Crippen LogP contribution in [0.3, 0.4) is 0 Å². The van der Waals surface area contributed by atoms with Crippen LogP contribution in [0.15, 0.2) is 35.3 Å². The number of nitrogens with one attached hydrogen (secondary N) is 2. The van der Waals surface area contributed by atoms with Gasteiger partial charge in [-0.2, -0.15) is 10.1 Å². The molecule has 2 heterocycles. The van der Waals surface area contributed by atoms with Gasteiger partial charge in [-0.3, -0.25) is 9.78 Å². The average molecular weight is 369 g/mol. The fourth-order valence-corrected chi connectivity index (χ4v) is 2.77. The van der Waals surface area contributed by atoms with Crippen molar-refractivity contribution in [3.05, 3.63) is 51.9 Å². The second kappa shape index (κ2) is 7.52. The van der Waals surface area contributed by atoms with Gasteiger partial charge in [-0.25, -0.2) is 4.68 Å². The first-order chi connectivity index (χ1) is 12.7. The molecule has 0 aliphatic heterocycles. The molecule has 3 rings (SSSR count). The van der Waals surface area contributed by atoms with E-state index in [9.17, 15) is 4.79 Å². The van der Waals surface area contributed by atoms with E-state index in [0.29, 0.717) is 30.1 Å². The number of nitrogens with zero attached hydrogens (tertiary/aromatic N) is 3. The molecule has 7 nitrogen and oxygen atoms in total. The molecule has 0 atom stereocenters. The minimum Gasteiger partial charge on any atom is -0.374 e. The average Bonchev–Trinajstić information content (AvgIpc) is 3.03. The third-order valence-electron chi connectivity index (χ3n) is 4.11. The highest BCUT2D eigenvalue weighted by molar-refractivity contribution is 5.74. The third-order valence-corrected chi connectivity index (χ3v) is 4.11. The Kier molecular flexibility index (Phi) is 5.32. The zero-order chi connectivity index (χ0) is 19.6. The van der Waals surface area contributed by atoms with Crippen molar-refractivity contribution in [3.8, 4) is 0 Å². The van der Waals surface area contributed by atoms with Crippen LogP contribution < -0.4 is 10.9 Å². The number of rotatable bonds is 6. The van der Waals surface area contributed by atoms with Crippen LogP contribution in [-0.4, -0.2) is 25.9 Å². The largest absolute Gasteiger partial charge is 0.374 e. The molecule has 0 saturated heterocycles. The van der Waals surface area contributed by atoms with Crippen molar-refractivity contribution in [2.24, 2.45) is 0 Å². The molecule has 0 unspecified atom stereocenters. The van der Waals surface area contributed by atoms with Gasteiger partial charge in [-0.15, -0.1) is 0 Å². The van der Waals surface area contributed by atoms with Crippen molar-refractivity contribution >= 4 is 17.0 Å². The van der Waals surface area contributed by atoms with Crippen LogP contribution in [-0.2, 0) is 23.4 Å². The molecular formula is C20H27N5O2. The third kappa shape index (κ3) is 4.54. The molecule has 0 bridgehead atoms. The van der Waals surface area contributed by atoms with Crippen molar-refractivity contribution < 1.29 is 4.74 Å². The van der Waals surface area contributed by atoms with Crippen LogP contribution in [0.2, 0.25) is 0 Å². The number of benzene rings is 1. The molecule has 2 aromatic heterocycles. The lowest BCUT2D eigenvalue weighted by molar-refractivity contribution is 0.0657. The summed E-state index contributed by atoms with van der Waals surface area (Å²) in [5, 5.41) is 8.02. The molecule has 27 heavy (non-hydrogen) atoms. The first kappa shape index (κ1) is 19.1. The SMILES string of the molecule is CC(C)OCc1cccc(CNc2nc3c(cnn3C(C)(C)C)c(=O)[nH]2)c1. The van der Waals surface area contributed by atoms with Crippen LogP contribution >= 0.6 is 0 Å². The summed E-state index contributed by atoms with van der Waals surface area (Å²) in [6.45, 7) is 11.3. The molecule has 0 aliphatic rings. The Balaban J connectivity index is 1.79. The number of aromatic nitrogens is 4. The van der Waals surface area contributed by atoms with E-state index in [-0.39, 0.29) is 17.2 Å². The molecule has 144 valence electrons. The van der Waals surface area contributed by atoms with Gasteiger partial charge in [0.05, 0.1) is 24.4 Å². The highest BCUT2D eigenvalue weighted by Crippen LogP contribution is 2.19. The topological polar surface area (TPSA) is 84.8 Å².